The number of nitrogens with zero attached hydrogens (tertiary/aromatic N) is 2. The number of carbonyl (C=O) groups is 1. The Morgan fingerprint density at radius 3 is 2.11 bits per heavy atom. The standard InChI is InChI=1S/C13H24N2O3S/c1-10(2)15-9-6-12(13(15)16)14-7-4-11(5-8-14)19(3,17)18/h10-12H,4-9H2,1-3H3. The van der Waals surface area contributed by atoms with Gasteiger partial charge in [-0.1, -0.05) is 0 Å². The molecule has 1 atom stereocenters. The molecule has 6 heteroatoms. The number of carbonyl (C=O) groups excluding carboxylic acids is 1. The van der Waals surface area contributed by atoms with Crippen molar-refractivity contribution in [1.82, 2.24) is 9.80 Å². The SMILES string of the molecule is CC(C)N1CCC(N2CCC(S(C)(=O)=O)CC2)C1=O. The third-order valence-electron chi connectivity index (χ3n) is 4.36. The molecule has 0 N–H and O–H groups in total. The Hall–Kier alpha value is -0.620. The fourth-order valence-corrected chi connectivity index (χ4v) is 4.22. The van der Waals surface area contributed by atoms with Crippen molar-refractivity contribution >= 4 is 15.7 Å². The summed E-state index contributed by atoms with van der Waals surface area (Å²) in [6, 6.07) is 0.231. The maximum Gasteiger partial charge on any atom is 0.240 e. The molecule has 0 spiro atoms. The number of amides is 1. The fraction of sp³-hybridized carbons (Fsp3) is 0.923. The predicted octanol–water partition coefficient (Wildman–Crippen LogP) is 0.505. The van der Waals surface area contributed by atoms with Gasteiger partial charge in [0.05, 0.1) is 11.3 Å². The largest absolute Gasteiger partial charge is 0.339 e. The van der Waals surface area contributed by atoms with E-state index in [0.29, 0.717) is 12.8 Å². The Balaban J connectivity index is 1.94. The lowest BCUT2D eigenvalue weighted by atomic mass is 10.1. The van der Waals surface area contributed by atoms with E-state index in [4.69, 9.17) is 0 Å². The molecule has 0 radical (unpaired) electrons. The van der Waals surface area contributed by atoms with Gasteiger partial charge in [0, 0.05) is 31.9 Å². The van der Waals surface area contributed by atoms with Gasteiger partial charge in [-0.3, -0.25) is 9.69 Å². The van der Waals surface area contributed by atoms with Crippen molar-refractivity contribution in [3.63, 3.8) is 0 Å². The molecular weight excluding hydrogens is 264 g/mol. The van der Waals surface area contributed by atoms with Crippen LogP contribution in [0, 0.1) is 0 Å². The average Bonchev–Trinajstić information content (AvgIpc) is 2.70. The summed E-state index contributed by atoms with van der Waals surface area (Å²) in [5.41, 5.74) is 0. The van der Waals surface area contributed by atoms with Crippen LogP contribution in [0.25, 0.3) is 0 Å². The second kappa shape index (κ2) is 5.40. The van der Waals surface area contributed by atoms with Crippen LogP contribution in [0.2, 0.25) is 0 Å². The Kier molecular flexibility index (Phi) is 4.20. The third kappa shape index (κ3) is 3.11. The number of hydrogen-bond donors (Lipinski definition) is 0. The lowest BCUT2D eigenvalue weighted by molar-refractivity contribution is -0.133. The molecule has 2 aliphatic rings. The van der Waals surface area contributed by atoms with Gasteiger partial charge >= 0.3 is 0 Å². The molecule has 0 aromatic carbocycles. The minimum Gasteiger partial charge on any atom is -0.339 e. The molecule has 0 aromatic heterocycles. The molecule has 0 bridgehead atoms. The van der Waals surface area contributed by atoms with Crippen LogP contribution in [-0.2, 0) is 14.6 Å². The molecule has 110 valence electrons. The van der Waals surface area contributed by atoms with Crippen molar-refractivity contribution in [3.05, 3.63) is 0 Å². The van der Waals surface area contributed by atoms with Crippen molar-refractivity contribution < 1.29 is 13.2 Å². The summed E-state index contributed by atoms with van der Waals surface area (Å²) in [7, 11) is -2.93. The molecule has 1 unspecified atom stereocenters. The molecule has 0 aliphatic carbocycles. The highest BCUT2D eigenvalue weighted by Gasteiger charge is 2.39. The highest BCUT2D eigenvalue weighted by Crippen LogP contribution is 2.25. The molecule has 0 aromatic rings. The first-order valence-corrected chi connectivity index (χ1v) is 8.99. The highest BCUT2D eigenvalue weighted by atomic mass is 32.2. The summed E-state index contributed by atoms with van der Waals surface area (Å²) in [5, 5.41) is -0.221. The van der Waals surface area contributed by atoms with E-state index in [9.17, 15) is 13.2 Å². The molecular formula is C13H24N2O3S. The fourth-order valence-electron chi connectivity index (χ4n) is 3.15. The van der Waals surface area contributed by atoms with Gasteiger partial charge in [0.25, 0.3) is 0 Å². The van der Waals surface area contributed by atoms with Gasteiger partial charge in [0.1, 0.15) is 9.84 Å². The van der Waals surface area contributed by atoms with E-state index in [-0.39, 0.29) is 23.2 Å². The third-order valence-corrected chi connectivity index (χ3v) is 6.04. The lowest BCUT2D eigenvalue weighted by Crippen LogP contribution is -2.48. The van der Waals surface area contributed by atoms with Crippen LogP contribution < -0.4 is 0 Å². The van der Waals surface area contributed by atoms with Crippen molar-refractivity contribution in [2.75, 3.05) is 25.9 Å². The van der Waals surface area contributed by atoms with Gasteiger partial charge < -0.3 is 4.90 Å². The van der Waals surface area contributed by atoms with Crippen LogP contribution in [0.3, 0.4) is 0 Å². The first-order chi connectivity index (χ1) is 8.80. The van der Waals surface area contributed by atoms with E-state index in [1.807, 2.05) is 18.7 Å². The van der Waals surface area contributed by atoms with Gasteiger partial charge in [-0.25, -0.2) is 8.42 Å². The van der Waals surface area contributed by atoms with Crippen LogP contribution in [0.1, 0.15) is 33.1 Å². The number of rotatable bonds is 3. The minimum absolute atomic E-state index is 0.0251. The minimum atomic E-state index is -2.93. The van der Waals surface area contributed by atoms with Crippen LogP contribution >= 0.6 is 0 Å². The summed E-state index contributed by atoms with van der Waals surface area (Å²) in [6.07, 6.45) is 3.50. The molecule has 1 amide bonds. The molecule has 2 rings (SSSR count). The van der Waals surface area contributed by atoms with Crippen molar-refractivity contribution in [2.24, 2.45) is 0 Å². The zero-order valence-corrected chi connectivity index (χ0v) is 12.8. The summed E-state index contributed by atoms with van der Waals surface area (Å²) in [5.74, 6) is 0.216. The zero-order chi connectivity index (χ0) is 14.2. The van der Waals surface area contributed by atoms with E-state index < -0.39 is 9.84 Å². The van der Waals surface area contributed by atoms with Gasteiger partial charge in [0.15, 0.2) is 0 Å². The van der Waals surface area contributed by atoms with E-state index in [1.165, 1.54) is 6.26 Å². The van der Waals surface area contributed by atoms with Crippen LogP contribution in [-0.4, -0.2) is 67.3 Å². The van der Waals surface area contributed by atoms with E-state index in [0.717, 1.165) is 26.1 Å². The zero-order valence-electron chi connectivity index (χ0n) is 12.0. The van der Waals surface area contributed by atoms with Crippen molar-refractivity contribution in [3.8, 4) is 0 Å². The quantitative estimate of drug-likeness (QED) is 0.759. The molecule has 19 heavy (non-hydrogen) atoms. The molecule has 2 saturated heterocycles. The first-order valence-electron chi connectivity index (χ1n) is 7.04. The Labute approximate surface area is 115 Å². The highest BCUT2D eigenvalue weighted by molar-refractivity contribution is 7.91. The maximum absolute atomic E-state index is 12.3. The molecule has 2 heterocycles. The van der Waals surface area contributed by atoms with Gasteiger partial charge in [-0.2, -0.15) is 0 Å². The van der Waals surface area contributed by atoms with Gasteiger partial charge in [0.2, 0.25) is 5.91 Å². The van der Waals surface area contributed by atoms with Crippen LogP contribution in [0.15, 0.2) is 0 Å². The van der Waals surface area contributed by atoms with Gasteiger partial charge in [-0.05, 0) is 33.1 Å². The summed E-state index contributed by atoms with van der Waals surface area (Å²) >= 11 is 0. The second-order valence-corrected chi connectivity index (χ2v) is 8.32. The number of hydrogen-bond acceptors (Lipinski definition) is 4. The van der Waals surface area contributed by atoms with E-state index in [2.05, 4.69) is 4.90 Å². The summed E-state index contributed by atoms with van der Waals surface area (Å²) in [6.45, 7) is 6.35. The Bertz CT molecular complexity index is 439. The maximum atomic E-state index is 12.3. The molecule has 0 saturated carbocycles. The predicted molar refractivity (Wildman–Crippen MR) is 74.7 cm³/mol. The normalized spacial score (nSPS) is 27.5. The average molecular weight is 288 g/mol. The Morgan fingerprint density at radius 2 is 1.68 bits per heavy atom. The number of sulfone groups is 1. The van der Waals surface area contributed by atoms with Crippen molar-refractivity contribution in [1.29, 1.82) is 0 Å². The lowest BCUT2D eigenvalue weighted by Gasteiger charge is -2.34. The van der Waals surface area contributed by atoms with Crippen LogP contribution in [0.4, 0.5) is 0 Å². The summed E-state index contributed by atoms with van der Waals surface area (Å²) in [4.78, 5) is 16.4. The summed E-state index contributed by atoms with van der Waals surface area (Å²) < 4.78 is 23.1. The molecule has 2 fully saturated rings. The number of piperidine rings is 1. The van der Waals surface area contributed by atoms with Gasteiger partial charge in [-0.15, -0.1) is 0 Å². The Morgan fingerprint density at radius 1 is 1.11 bits per heavy atom. The number of likely N-dealkylation sites (tertiary alicyclic amines) is 2. The smallest absolute Gasteiger partial charge is 0.240 e. The van der Waals surface area contributed by atoms with E-state index >= 15 is 0 Å². The second-order valence-electron chi connectivity index (χ2n) is 5.99. The van der Waals surface area contributed by atoms with Crippen molar-refractivity contribution in [2.45, 2.75) is 50.4 Å². The van der Waals surface area contributed by atoms with E-state index in [1.54, 1.807) is 0 Å². The molecule has 2 aliphatic heterocycles. The monoisotopic (exact) mass is 288 g/mol. The van der Waals surface area contributed by atoms with Crippen LogP contribution in [0.5, 0.6) is 0 Å². The first kappa shape index (κ1) is 14.8. The topological polar surface area (TPSA) is 57.7 Å². The molecule has 5 nitrogen and oxygen atoms in total.